The van der Waals surface area contributed by atoms with Gasteiger partial charge < -0.3 is 19.3 Å². The minimum atomic E-state index is -0.981. The number of hydrogen-bond acceptors (Lipinski definition) is 8. The highest BCUT2D eigenvalue weighted by atomic mass is 35.5. The third-order valence-electron chi connectivity index (χ3n) is 7.05. The fourth-order valence-electron chi connectivity index (χ4n) is 4.80. The van der Waals surface area contributed by atoms with Crippen molar-refractivity contribution in [2.45, 2.75) is 39.7 Å². The predicted molar refractivity (Wildman–Crippen MR) is 170 cm³/mol. The van der Waals surface area contributed by atoms with Crippen LogP contribution in [0.15, 0.2) is 66.2 Å². The zero-order valence-electron chi connectivity index (χ0n) is 24.4. The van der Waals surface area contributed by atoms with E-state index >= 15 is 0 Å². The van der Waals surface area contributed by atoms with Gasteiger partial charge in [-0.1, -0.05) is 49.8 Å². The van der Waals surface area contributed by atoms with Crippen molar-refractivity contribution in [3.05, 3.63) is 82.4 Å². The quantitative estimate of drug-likeness (QED) is 0.104. The summed E-state index contributed by atoms with van der Waals surface area (Å²) in [4.78, 5) is 33.3. The number of carbonyl (C=O) groups is 2. The van der Waals surface area contributed by atoms with Gasteiger partial charge in [-0.05, 0) is 78.9 Å². The van der Waals surface area contributed by atoms with Gasteiger partial charge in [-0.15, -0.1) is 0 Å². The first-order valence-electron chi connectivity index (χ1n) is 14.1. The van der Waals surface area contributed by atoms with E-state index in [0.717, 1.165) is 17.5 Å². The molecule has 0 saturated carbocycles. The first-order chi connectivity index (χ1) is 20.7. The molecule has 43 heavy (non-hydrogen) atoms. The Bertz CT molecular complexity index is 1680. The Morgan fingerprint density at radius 3 is 2.49 bits per heavy atom. The average Bonchev–Trinajstić information content (AvgIpc) is 3.53. The fraction of sp³-hybridized carbons (Fsp3) is 0.303. The van der Waals surface area contributed by atoms with Crippen LogP contribution in [-0.2, 0) is 9.59 Å². The molecule has 1 aliphatic heterocycles. The topological polar surface area (TPSA) is 98.2 Å². The minimum Gasteiger partial charge on any atom is -0.507 e. The zero-order valence-corrected chi connectivity index (χ0v) is 26.0. The number of aliphatic hydroxyl groups is 1. The van der Waals surface area contributed by atoms with Crippen molar-refractivity contribution in [1.29, 1.82) is 0 Å². The van der Waals surface area contributed by atoms with Gasteiger partial charge in [0.1, 0.15) is 11.5 Å². The van der Waals surface area contributed by atoms with Crippen molar-refractivity contribution in [1.82, 2.24) is 4.98 Å². The van der Waals surface area contributed by atoms with Crippen LogP contribution in [0.3, 0.4) is 0 Å². The molecule has 224 valence electrons. The van der Waals surface area contributed by atoms with E-state index in [1.165, 1.54) is 23.3 Å². The van der Waals surface area contributed by atoms with E-state index in [2.05, 4.69) is 18.8 Å². The van der Waals surface area contributed by atoms with E-state index < -0.39 is 17.7 Å². The Morgan fingerprint density at radius 1 is 1.02 bits per heavy atom. The van der Waals surface area contributed by atoms with Gasteiger partial charge in [-0.25, -0.2) is 4.98 Å². The number of benzene rings is 3. The molecule has 2 heterocycles. The largest absolute Gasteiger partial charge is 0.507 e. The van der Waals surface area contributed by atoms with Crippen molar-refractivity contribution in [2.24, 2.45) is 5.92 Å². The highest BCUT2D eigenvalue weighted by Crippen LogP contribution is 2.46. The number of anilines is 1. The van der Waals surface area contributed by atoms with Gasteiger partial charge in [-0.3, -0.25) is 14.5 Å². The molecule has 1 fully saturated rings. The molecule has 5 rings (SSSR count). The smallest absolute Gasteiger partial charge is 0.301 e. The number of ether oxygens (including phenoxy) is 3. The number of rotatable bonds is 11. The lowest BCUT2D eigenvalue weighted by atomic mass is 9.95. The highest BCUT2D eigenvalue weighted by Gasteiger charge is 2.48. The van der Waals surface area contributed by atoms with Crippen molar-refractivity contribution >= 4 is 55.7 Å². The van der Waals surface area contributed by atoms with Crippen molar-refractivity contribution in [3.63, 3.8) is 0 Å². The van der Waals surface area contributed by atoms with E-state index in [4.69, 9.17) is 25.8 Å². The zero-order chi connectivity index (χ0) is 30.7. The molecule has 1 N–H and O–H groups in total. The molecule has 1 saturated heterocycles. The second kappa shape index (κ2) is 13.1. The molecule has 0 spiro atoms. The van der Waals surface area contributed by atoms with Gasteiger partial charge in [0, 0.05) is 10.6 Å². The monoisotopic (exact) mass is 620 g/mol. The van der Waals surface area contributed by atoms with Gasteiger partial charge in [-0.2, -0.15) is 0 Å². The summed E-state index contributed by atoms with van der Waals surface area (Å²) in [5, 5.41) is 12.4. The van der Waals surface area contributed by atoms with Gasteiger partial charge >= 0.3 is 5.91 Å². The first-order valence-corrected chi connectivity index (χ1v) is 15.3. The summed E-state index contributed by atoms with van der Waals surface area (Å²) in [6.45, 7) is 7.32. The summed E-state index contributed by atoms with van der Waals surface area (Å²) < 4.78 is 18.1. The van der Waals surface area contributed by atoms with Crippen molar-refractivity contribution in [2.75, 3.05) is 25.2 Å². The van der Waals surface area contributed by atoms with E-state index in [0.29, 0.717) is 63.2 Å². The predicted octanol–water partition coefficient (Wildman–Crippen LogP) is 7.80. The Morgan fingerprint density at radius 2 is 1.79 bits per heavy atom. The Hall–Kier alpha value is -4.08. The Kier molecular flexibility index (Phi) is 9.22. The standard InChI is InChI=1S/C33H33ClN2O6S/c1-5-15-41-23-10-6-20(7-11-23)30(37)28-29(21-8-13-25(26(17-21)40-4)42-16-14-19(2)3)36(32(39)31(28)38)33-35-24-12-9-22(34)18-27(24)43-33/h6-13,17-19,29,37H,5,14-16H2,1-4H3/b30-28+. The maximum absolute atomic E-state index is 13.7. The minimum absolute atomic E-state index is 0.0555. The maximum atomic E-state index is 13.7. The number of nitrogens with zero attached hydrogens (tertiary/aromatic N) is 2. The molecule has 4 aromatic rings. The van der Waals surface area contributed by atoms with Crippen LogP contribution in [0.2, 0.25) is 5.02 Å². The average molecular weight is 621 g/mol. The van der Waals surface area contributed by atoms with Crippen LogP contribution in [-0.4, -0.2) is 42.1 Å². The number of carbonyl (C=O) groups excluding carboxylic acids is 2. The van der Waals surface area contributed by atoms with Crippen LogP contribution in [0.25, 0.3) is 16.0 Å². The number of halogens is 1. The molecular formula is C33H33ClN2O6S. The highest BCUT2D eigenvalue weighted by molar-refractivity contribution is 7.22. The fourth-order valence-corrected chi connectivity index (χ4v) is 6.07. The molecule has 8 nitrogen and oxygen atoms in total. The number of aliphatic hydroxyl groups excluding tert-OH is 1. The lowest BCUT2D eigenvalue weighted by molar-refractivity contribution is -0.132. The van der Waals surface area contributed by atoms with E-state index in [-0.39, 0.29) is 11.3 Å². The van der Waals surface area contributed by atoms with Gasteiger partial charge in [0.05, 0.1) is 42.2 Å². The summed E-state index contributed by atoms with van der Waals surface area (Å²) in [6.07, 6.45) is 1.73. The van der Waals surface area contributed by atoms with Crippen LogP contribution in [0.4, 0.5) is 5.13 Å². The van der Waals surface area contributed by atoms with Crippen LogP contribution in [0.5, 0.6) is 17.2 Å². The van der Waals surface area contributed by atoms with Crippen LogP contribution >= 0.6 is 22.9 Å². The number of Topliss-reactive ketones (excluding diaryl/α,β-unsaturated/α-hetero) is 1. The summed E-state index contributed by atoms with van der Waals surface area (Å²) in [7, 11) is 1.53. The number of hydrogen-bond donors (Lipinski definition) is 1. The third-order valence-corrected chi connectivity index (χ3v) is 8.30. The number of ketones is 1. The first kappa shape index (κ1) is 30.4. The summed E-state index contributed by atoms with van der Waals surface area (Å²) in [5.74, 6) is 0.190. The number of methoxy groups -OCH3 is 1. The SMILES string of the molecule is CCCOc1ccc(/C(O)=C2\C(=O)C(=O)N(c3nc4ccc(Cl)cc4s3)C2c2ccc(OCCC(C)C)c(OC)c2)cc1. The molecule has 1 aromatic heterocycles. The van der Waals surface area contributed by atoms with Crippen LogP contribution in [0, 0.1) is 5.92 Å². The Labute approximate surface area is 259 Å². The molecule has 1 aliphatic rings. The normalized spacial score (nSPS) is 16.3. The van der Waals surface area contributed by atoms with E-state index in [9.17, 15) is 14.7 Å². The number of thiazole rings is 1. The van der Waals surface area contributed by atoms with Crippen LogP contribution in [0.1, 0.15) is 50.8 Å². The molecule has 1 atom stereocenters. The van der Waals surface area contributed by atoms with E-state index in [1.54, 1.807) is 60.7 Å². The van der Waals surface area contributed by atoms with E-state index in [1.807, 2.05) is 6.92 Å². The number of fused-ring (bicyclic) bond motifs is 1. The summed E-state index contributed by atoms with van der Waals surface area (Å²) in [5.41, 5.74) is 1.51. The Balaban J connectivity index is 1.63. The molecule has 10 heteroatoms. The summed E-state index contributed by atoms with van der Waals surface area (Å²) in [6, 6.07) is 16.3. The molecule has 0 aliphatic carbocycles. The second-order valence-corrected chi connectivity index (χ2v) is 12.0. The molecule has 1 amide bonds. The van der Waals surface area contributed by atoms with Gasteiger partial charge in [0.2, 0.25) is 0 Å². The molecule has 3 aromatic carbocycles. The molecule has 1 unspecified atom stereocenters. The maximum Gasteiger partial charge on any atom is 0.301 e. The van der Waals surface area contributed by atoms with Gasteiger partial charge in [0.25, 0.3) is 5.78 Å². The molecular weight excluding hydrogens is 588 g/mol. The number of amides is 1. The third kappa shape index (κ3) is 6.33. The lowest BCUT2D eigenvalue weighted by Gasteiger charge is -2.24. The molecule has 0 bridgehead atoms. The lowest BCUT2D eigenvalue weighted by Crippen LogP contribution is -2.29. The van der Waals surface area contributed by atoms with Crippen LogP contribution < -0.4 is 19.1 Å². The second-order valence-electron chi connectivity index (χ2n) is 10.6. The number of aromatic nitrogens is 1. The van der Waals surface area contributed by atoms with Crippen molar-refractivity contribution in [3.8, 4) is 17.2 Å². The van der Waals surface area contributed by atoms with Gasteiger partial charge in [0.15, 0.2) is 16.6 Å². The molecule has 0 radical (unpaired) electrons. The summed E-state index contributed by atoms with van der Waals surface area (Å²) >= 11 is 7.45. The van der Waals surface area contributed by atoms with Crippen molar-refractivity contribution < 1.29 is 28.9 Å².